The number of ether oxygens (including phenoxy) is 1. The van der Waals surface area contributed by atoms with Crippen LogP contribution in [0.1, 0.15) is 13.8 Å². The van der Waals surface area contributed by atoms with E-state index in [0.29, 0.717) is 0 Å². The predicted molar refractivity (Wildman–Crippen MR) is 33.9 cm³/mol. The van der Waals surface area contributed by atoms with Crippen molar-refractivity contribution in [3.05, 3.63) is 0 Å². The van der Waals surface area contributed by atoms with Crippen molar-refractivity contribution >= 4 is 11.7 Å². The molecule has 1 rings (SSSR count). The fraction of sp³-hybridized carbons (Fsp3) is 0.667. The van der Waals surface area contributed by atoms with Crippen molar-refractivity contribution in [1.29, 1.82) is 0 Å². The molecule has 1 heterocycles. The number of cyclic esters (lactones) is 1. The first-order valence-electron chi connectivity index (χ1n) is 3.09. The van der Waals surface area contributed by atoms with Crippen LogP contribution in [-0.2, 0) is 9.53 Å². The lowest BCUT2D eigenvalue weighted by Gasteiger charge is -2.03. The molecular formula is C6H9NO3. The zero-order valence-electron chi connectivity index (χ0n) is 5.87. The Bertz CT molecular complexity index is 187. The van der Waals surface area contributed by atoms with E-state index in [4.69, 9.17) is 9.94 Å². The van der Waals surface area contributed by atoms with E-state index >= 15 is 0 Å². The summed E-state index contributed by atoms with van der Waals surface area (Å²) < 4.78 is 4.75. The molecule has 2 atom stereocenters. The number of hydrogen-bond acceptors (Lipinski definition) is 4. The van der Waals surface area contributed by atoms with Crippen LogP contribution >= 0.6 is 0 Å². The summed E-state index contributed by atoms with van der Waals surface area (Å²) >= 11 is 0. The minimum atomic E-state index is -0.512. The second-order valence-corrected chi connectivity index (χ2v) is 2.38. The lowest BCUT2D eigenvalue weighted by atomic mass is 10.0. The standard InChI is InChI=1S/C6H9NO3/c1-3-4(2)10-6(8)5(3)7-9/h3-4,9H,1-2H3/b7-5+/t3-,4?/m1/s1. The molecule has 0 bridgehead atoms. The molecule has 1 fully saturated rings. The molecule has 0 amide bonds. The molecule has 1 aliphatic rings. The Morgan fingerprint density at radius 1 is 1.60 bits per heavy atom. The van der Waals surface area contributed by atoms with E-state index in [0.717, 1.165) is 0 Å². The van der Waals surface area contributed by atoms with Crippen LogP contribution in [0.4, 0.5) is 0 Å². The summed E-state index contributed by atoms with van der Waals surface area (Å²) in [4.78, 5) is 10.7. The average molecular weight is 143 g/mol. The van der Waals surface area contributed by atoms with Crippen LogP contribution in [0.3, 0.4) is 0 Å². The van der Waals surface area contributed by atoms with Gasteiger partial charge in [-0.1, -0.05) is 12.1 Å². The van der Waals surface area contributed by atoms with Gasteiger partial charge in [0, 0.05) is 5.92 Å². The highest BCUT2D eigenvalue weighted by atomic mass is 16.6. The minimum Gasteiger partial charge on any atom is -0.457 e. The zero-order chi connectivity index (χ0) is 7.72. The fourth-order valence-electron chi connectivity index (χ4n) is 0.871. The Hall–Kier alpha value is -1.06. The highest BCUT2D eigenvalue weighted by Crippen LogP contribution is 2.18. The summed E-state index contributed by atoms with van der Waals surface area (Å²) in [6.07, 6.45) is -0.168. The van der Waals surface area contributed by atoms with Crippen molar-refractivity contribution in [2.45, 2.75) is 20.0 Å². The van der Waals surface area contributed by atoms with Gasteiger partial charge in [0.15, 0.2) is 5.71 Å². The lowest BCUT2D eigenvalue weighted by molar-refractivity contribution is -0.136. The third-order valence-corrected chi connectivity index (χ3v) is 1.75. The number of esters is 1. The Balaban J connectivity index is 2.85. The molecule has 1 N–H and O–H groups in total. The van der Waals surface area contributed by atoms with E-state index < -0.39 is 5.97 Å². The third-order valence-electron chi connectivity index (χ3n) is 1.75. The summed E-state index contributed by atoms with van der Waals surface area (Å²) in [7, 11) is 0. The molecule has 4 nitrogen and oxygen atoms in total. The van der Waals surface area contributed by atoms with Gasteiger partial charge in [0.05, 0.1) is 0 Å². The van der Waals surface area contributed by atoms with Crippen molar-refractivity contribution in [3.8, 4) is 0 Å². The average Bonchev–Trinajstić information content (AvgIpc) is 2.09. The fourth-order valence-corrected chi connectivity index (χ4v) is 0.871. The normalized spacial score (nSPS) is 36.6. The maximum atomic E-state index is 10.7. The maximum Gasteiger partial charge on any atom is 0.356 e. The lowest BCUT2D eigenvalue weighted by Crippen LogP contribution is -2.14. The quantitative estimate of drug-likeness (QED) is 0.303. The molecule has 0 saturated carbocycles. The van der Waals surface area contributed by atoms with Crippen LogP contribution in [-0.4, -0.2) is 23.0 Å². The summed E-state index contributed by atoms with van der Waals surface area (Å²) in [6, 6.07) is 0. The molecule has 1 saturated heterocycles. The highest BCUT2D eigenvalue weighted by Gasteiger charge is 2.35. The molecule has 1 aliphatic heterocycles. The van der Waals surface area contributed by atoms with Crippen LogP contribution in [0.5, 0.6) is 0 Å². The SMILES string of the molecule is CC1OC(=O)/C(=N/O)[C@@H]1C. The number of carbonyl (C=O) groups is 1. The number of rotatable bonds is 0. The van der Waals surface area contributed by atoms with Crippen LogP contribution in [0.2, 0.25) is 0 Å². The molecule has 0 spiro atoms. The molecule has 0 aromatic rings. The molecule has 0 radical (unpaired) electrons. The van der Waals surface area contributed by atoms with Gasteiger partial charge in [0.25, 0.3) is 0 Å². The topological polar surface area (TPSA) is 58.9 Å². The second-order valence-electron chi connectivity index (χ2n) is 2.38. The predicted octanol–water partition coefficient (Wildman–Crippen LogP) is 0.398. The van der Waals surface area contributed by atoms with Crippen molar-refractivity contribution in [2.75, 3.05) is 0 Å². The van der Waals surface area contributed by atoms with Crippen LogP contribution in [0, 0.1) is 5.92 Å². The monoisotopic (exact) mass is 143 g/mol. The van der Waals surface area contributed by atoms with Gasteiger partial charge in [-0.3, -0.25) is 0 Å². The smallest absolute Gasteiger partial charge is 0.356 e. The van der Waals surface area contributed by atoms with Crippen LogP contribution in [0.25, 0.3) is 0 Å². The van der Waals surface area contributed by atoms with Gasteiger partial charge in [-0.15, -0.1) is 0 Å². The highest BCUT2D eigenvalue weighted by molar-refractivity contribution is 6.38. The summed E-state index contributed by atoms with van der Waals surface area (Å²) in [5, 5.41) is 11.2. The molecule has 0 aliphatic carbocycles. The Morgan fingerprint density at radius 3 is 2.40 bits per heavy atom. The van der Waals surface area contributed by atoms with Gasteiger partial charge < -0.3 is 9.94 Å². The number of nitrogens with zero attached hydrogens (tertiary/aromatic N) is 1. The number of carbonyl (C=O) groups excluding carboxylic acids is 1. The Morgan fingerprint density at radius 2 is 2.20 bits per heavy atom. The second kappa shape index (κ2) is 2.28. The molecule has 4 heteroatoms. The largest absolute Gasteiger partial charge is 0.457 e. The Labute approximate surface area is 58.5 Å². The van der Waals surface area contributed by atoms with Crippen molar-refractivity contribution in [1.82, 2.24) is 0 Å². The molecule has 1 unspecified atom stereocenters. The third kappa shape index (κ3) is 0.853. The first-order chi connectivity index (χ1) is 4.66. The number of hydrogen-bond donors (Lipinski definition) is 1. The van der Waals surface area contributed by atoms with Gasteiger partial charge in [-0.05, 0) is 6.92 Å². The molecule has 0 aromatic carbocycles. The van der Waals surface area contributed by atoms with Gasteiger partial charge in [-0.25, -0.2) is 4.79 Å². The van der Waals surface area contributed by atoms with Crippen molar-refractivity contribution < 1.29 is 14.7 Å². The van der Waals surface area contributed by atoms with E-state index in [-0.39, 0.29) is 17.7 Å². The van der Waals surface area contributed by atoms with Crippen molar-refractivity contribution in [2.24, 2.45) is 11.1 Å². The molecule has 56 valence electrons. The molecule has 0 aromatic heterocycles. The van der Waals surface area contributed by atoms with E-state index in [2.05, 4.69) is 5.16 Å². The van der Waals surface area contributed by atoms with Crippen LogP contribution < -0.4 is 0 Å². The van der Waals surface area contributed by atoms with Gasteiger partial charge >= 0.3 is 5.97 Å². The maximum absolute atomic E-state index is 10.7. The van der Waals surface area contributed by atoms with E-state index in [1.165, 1.54) is 0 Å². The van der Waals surface area contributed by atoms with Crippen LogP contribution in [0.15, 0.2) is 5.16 Å². The van der Waals surface area contributed by atoms with Crippen molar-refractivity contribution in [3.63, 3.8) is 0 Å². The molecular weight excluding hydrogens is 134 g/mol. The van der Waals surface area contributed by atoms with Gasteiger partial charge in [-0.2, -0.15) is 0 Å². The summed E-state index contributed by atoms with van der Waals surface area (Å²) in [5.74, 6) is -0.611. The number of oxime groups is 1. The first kappa shape index (κ1) is 7.05. The zero-order valence-corrected chi connectivity index (χ0v) is 5.87. The first-order valence-corrected chi connectivity index (χ1v) is 3.09. The summed E-state index contributed by atoms with van der Waals surface area (Å²) in [5.41, 5.74) is 0.118. The van der Waals surface area contributed by atoms with Gasteiger partial charge in [0.1, 0.15) is 6.10 Å². The van der Waals surface area contributed by atoms with Gasteiger partial charge in [0.2, 0.25) is 0 Å². The van der Waals surface area contributed by atoms with E-state index in [9.17, 15) is 4.79 Å². The molecule has 10 heavy (non-hydrogen) atoms. The Kier molecular flexibility index (Phi) is 1.61. The summed E-state index contributed by atoms with van der Waals surface area (Å²) in [6.45, 7) is 3.55. The minimum absolute atomic E-state index is 0.0995. The van der Waals surface area contributed by atoms with E-state index in [1.807, 2.05) is 0 Å². The van der Waals surface area contributed by atoms with E-state index in [1.54, 1.807) is 13.8 Å².